The molecule has 18 heavy (non-hydrogen) atoms. The molecule has 0 fully saturated rings. The largest absolute Gasteiger partial charge is 0.494 e. The highest BCUT2D eigenvalue weighted by Gasteiger charge is 2.13. The van der Waals surface area contributed by atoms with Gasteiger partial charge in [0.15, 0.2) is 11.6 Å². The molecule has 0 saturated carbocycles. The summed E-state index contributed by atoms with van der Waals surface area (Å²) in [5.74, 6) is -0.122. The van der Waals surface area contributed by atoms with Gasteiger partial charge in [0.05, 0.1) is 11.9 Å². The van der Waals surface area contributed by atoms with Crippen LogP contribution in [0.3, 0.4) is 0 Å². The molecule has 0 heterocycles. The molecule has 2 rings (SSSR count). The Morgan fingerprint density at radius 1 is 1.11 bits per heavy atom. The Morgan fingerprint density at radius 2 is 1.72 bits per heavy atom. The molecule has 0 aliphatic heterocycles. The van der Waals surface area contributed by atoms with Gasteiger partial charge in [-0.2, -0.15) is 0 Å². The average Bonchev–Trinajstić information content (AvgIpc) is 2.39. The third-order valence-electron chi connectivity index (χ3n) is 2.63. The normalized spacial score (nSPS) is 12.2. The van der Waals surface area contributed by atoms with Gasteiger partial charge in [0.25, 0.3) is 0 Å². The minimum absolute atomic E-state index is 0.0238. The molecule has 0 amide bonds. The molecular formula is C14H11BrClFO. The van der Waals surface area contributed by atoms with E-state index in [0.717, 1.165) is 11.1 Å². The second-order valence-electron chi connectivity index (χ2n) is 3.81. The van der Waals surface area contributed by atoms with Crippen molar-refractivity contribution in [1.82, 2.24) is 0 Å². The lowest BCUT2D eigenvalue weighted by Crippen LogP contribution is -1.95. The van der Waals surface area contributed by atoms with E-state index in [9.17, 15) is 4.39 Å². The first kappa shape index (κ1) is 13.4. The third-order valence-corrected chi connectivity index (χ3v) is 3.94. The lowest BCUT2D eigenvalue weighted by atomic mass is 10.0. The first-order valence-corrected chi connectivity index (χ1v) is 6.64. The summed E-state index contributed by atoms with van der Waals surface area (Å²) in [4.78, 5) is -0.0238. The number of rotatable bonds is 3. The van der Waals surface area contributed by atoms with Crippen LogP contribution in [0.1, 0.15) is 16.0 Å². The number of hydrogen-bond acceptors (Lipinski definition) is 1. The number of ether oxygens (including phenoxy) is 1. The van der Waals surface area contributed by atoms with Crippen LogP contribution in [0.5, 0.6) is 5.75 Å². The first-order valence-electron chi connectivity index (χ1n) is 5.35. The van der Waals surface area contributed by atoms with Crippen molar-refractivity contribution in [3.05, 3.63) is 64.4 Å². The van der Waals surface area contributed by atoms with Crippen molar-refractivity contribution < 1.29 is 9.13 Å². The zero-order valence-corrected chi connectivity index (χ0v) is 12.0. The zero-order valence-electron chi connectivity index (χ0n) is 9.66. The topological polar surface area (TPSA) is 9.23 Å². The quantitative estimate of drug-likeness (QED) is 0.722. The number of halogens is 3. The first-order chi connectivity index (χ1) is 8.61. The van der Waals surface area contributed by atoms with E-state index in [2.05, 4.69) is 15.9 Å². The predicted molar refractivity (Wildman–Crippen MR) is 75.2 cm³/mol. The Hall–Kier alpha value is -1.06. The van der Waals surface area contributed by atoms with E-state index < -0.39 is 0 Å². The SMILES string of the molecule is COc1cc(C(Br)c2ccc(Cl)cc2)ccc1F. The van der Waals surface area contributed by atoms with Gasteiger partial charge in [-0.3, -0.25) is 0 Å². The molecule has 0 bridgehead atoms. The number of methoxy groups -OCH3 is 1. The summed E-state index contributed by atoms with van der Waals surface area (Å²) in [5.41, 5.74) is 1.98. The van der Waals surface area contributed by atoms with Crippen molar-refractivity contribution in [3.63, 3.8) is 0 Å². The van der Waals surface area contributed by atoms with E-state index >= 15 is 0 Å². The molecule has 4 heteroatoms. The fourth-order valence-electron chi connectivity index (χ4n) is 1.66. The summed E-state index contributed by atoms with van der Waals surface area (Å²) in [6.45, 7) is 0. The van der Waals surface area contributed by atoms with Crippen molar-refractivity contribution in [2.45, 2.75) is 4.83 Å². The summed E-state index contributed by atoms with van der Waals surface area (Å²) in [5, 5.41) is 0.690. The standard InChI is InChI=1S/C14H11BrClFO/c1-18-13-8-10(4-7-12(13)17)14(15)9-2-5-11(16)6-3-9/h2-8,14H,1H3. The number of alkyl halides is 1. The molecule has 1 nitrogen and oxygen atoms in total. The lowest BCUT2D eigenvalue weighted by molar-refractivity contribution is 0.386. The van der Waals surface area contributed by atoms with E-state index in [4.69, 9.17) is 16.3 Å². The van der Waals surface area contributed by atoms with Gasteiger partial charge >= 0.3 is 0 Å². The smallest absolute Gasteiger partial charge is 0.165 e. The molecule has 0 N–H and O–H groups in total. The van der Waals surface area contributed by atoms with E-state index in [1.54, 1.807) is 12.1 Å². The Morgan fingerprint density at radius 3 is 2.33 bits per heavy atom. The molecule has 2 aromatic carbocycles. The number of benzene rings is 2. The van der Waals surface area contributed by atoms with Gasteiger partial charge in [-0.25, -0.2) is 4.39 Å². The second-order valence-corrected chi connectivity index (χ2v) is 5.16. The molecule has 0 aromatic heterocycles. The van der Waals surface area contributed by atoms with Crippen molar-refractivity contribution in [2.24, 2.45) is 0 Å². The predicted octanol–water partition coefficient (Wildman–Crippen LogP) is 4.97. The van der Waals surface area contributed by atoms with Crippen molar-refractivity contribution in [1.29, 1.82) is 0 Å². The molecule has 0 aliphatic carbocycles. The maximum absolute atomic E-state index is 13.3. The van der Waals surface area contributed by atoms with Crippen LogP contribution in [-0.4, -0.2) is 7.11 Å². The van der Waals surface area contributed by atoms with Crippen LogP contribution in [0, 0.1) is 5.82 Å². The molecule has 1 unspecified atom stereocenters. The molecular weight excluding hydrogens is 319 g/mol. The zero-order chi connectivity index (χ0) is 13.1. The van der Waals surface area contributed by atoms with Crippen molar-refractivity contribution >= 4 is 27.5 Å². The van der Waals surface area contributed by atoms with Crippen LogP contribution in [0.15, 0.2) is 42.5 Å². The summed E-state index contributed by atoms with van der Waals surface area (Å²) in [7, 11) is 1.45. The van der Waals surface area contributed by atoms with E-state index in [1.165, 1.54) is 13.2 Å². The molecule has 0 saturated heterocycles. The van der Waals surface area contributed by atoms with Gasteiger partial charge in [-0.1, -0.05) is 45.7 Å². The maximum Gasteiger partial charge on any atom is 0.165 e. The van der Waals surface area contributed by atoms with Crippen molar-refractivity contribution in [2.75, 3.05) is 7.11 Å². The highest BCUT2D eigenvalue weighted by atomic mass is 79.9. The van der Waals surface area contributed by atoms with E-state index in [0.29, 0.717) is 5.02 Å². The molecule has 0 radical (unpaired) electrons. The lowest BCUT2D eigenvalue weighted by Gasteiger charge is -2.12. The Bertz CT molecular complexity index is 542. The summed E-state index contributed by atoms with van der Waals surface area (Å²) >= 11 is 9.43. The van der Waals surface area contributed by atoms with Crippen LogP contribution in [-0.2, 0) is 0 Å². The van der Waals surface area contributed by atoms with Crippen LogP contribution in [0.4, 0.5) is 4.39 Å². The minimum atomic E-state index is -0.364. The minimum Gasteiger partial charge on any atom is -0.494 e. The fourth-order valence-corrected chi connectivity index (χ4v) is 2.37. The average molecular weight is 330 g/mol. The molecule has 0 spiro atoms. The van der Waals surface area contributed by atoms with Crippen molar-refractivity contribution in [3.8, 4) is 5.75 Å². The fraction of sp³-hybridized carbons (Fsp3) is 0.143. The molecule has 2 aromatic rings. The van der Waals surface area contributed by atoms with Gasteiger partial charge in [0.2, 0.25) is 0 Å². The van der Waals surface area contributed by atoms with Crippen LogP contribution in [0.25, 0.3) is 0 Å². The van der Waals surface area contributed by atoms with Gasteiger partial charge < -0.3 is 4.74 Å². The third kappa shape index (κ3) is 2.85. The van der Waals surface area contributed by atoms with Gasteiger partial charge in [0, 0.05) is 5.02 Å². The second kappa shape index (κ2) is 5.72. The van der Waals surface area contributed by atoms with E-state index in [1.807, 2.05) is 24.3 Å². The van der Waals surface area contributed by atoms with Crippen LogP contribution >= 0.6 is 27.5 Å². The Kier molecular flexibility index (Phi) is 4.25. The molecule has 0 aliphatic rings. The summed E-state index contributed by atoms with van der Waals surface area (Å²) in [6, 6.07) is 12.3. The van der Waals surface area contributed by atoms with Crippen LogP contribution in [0.2, 0.25) is 5.02 Å². The summed E-state index contributed by atoms with van der Waals surface area (Å²) in [6.07, 6.45) is 0. The van der Waals surface area contributed by atoms with Gasteiger partial charge in [-0.15, -0.1) is 0 Å². The summed E-state index contributed by atoms with van der Waals surface area (Å²) < 4.78 is 18.3. The monoisotopic (exact) mass is 328 g/mol. The maximum atomic E-state index is 13.3. The highest BCUT2D eigenvalue weighted by molar-refractivity contribution is 9.09. The van der Waals surface area contributed by atoms with Crippen LogP contribution < -0.4 is 4.74 Å². The van der Waals surface area contributed by atoms with Gasteiger partial charge in [0.1, 0.15) is 0 Å². The van der Waals surface area contributed by atoms with E-state index in [-0.39, 0.29) is 16.4 Å². The van der Waals surface area contributed by atoms with Gasteiger partial charge in [-0.05, 0) is 35.4 Å². The number of hydrogen-bond donors (Lipinski definition) is 0. The molecule has 1 atom stereocenters. The Labute approximate surface area is 119 Å². The highest BCUT2D eigenvalue weighted by Crippen LogP contribution is 2.33. The molecule has 94 valence electrons. The Balaban J connectivity index is 2.33.